The molecule has 2 aromatic heterocycles. The van der Waals surface area contributed by atoms with Crippen molar-refractivity contribution in [2.45, 2.75) is 26.6 Å². The molecule has 0 atom stereocenters. The van der Waals surface area contributed by atoms with E-state index in [1.54, 1.807) is 0 Å². The molecule has 0 spiro atoms. The molecule has 0 saturated carbocycles. The van der Waals surface area contributed by atoms with Crippen LogP contribution >= 0.6 is 0 Å². The molecule has 3 nitrogen and oxygen atoms in total. The lowest BCUT2D eigenvalue weighted by molar-refractivity contribution is -0.660. The summed E-state index contributed by atoms with van der Waals surface area (Å²) in [5.41, 5.74) is 7.54. The van der Waals surface area contributed by atoms with E-state index in [0.717, 1.165) is 49.9 Å². The van der Waals surface area contributed by atoms with E-state index in [0.29, 0.717) is 5.56 Å². The van der Waals surface area contributed by atoms with Crippen LogP contribution in [0, 0.1) is 18.3 Å². The normalized spacial score (nSPS) is 11.8. The standard InChI is InChI=1S/C29H27N2OSi/c1-19-9-14-23-28-24(18-30)22(20-10-12-21(13-11-20)33(3,4)5)15-16-26(28)32-29(23)27(19)25-8-6-7-17-31(25)2/h6-17H,1-5H3/q+1. The molecule has 0 amide bonds. The highest BCUT2D eigenvalue weighted by Crippen LogP contribution is 2.40. The molecule has 0 N–H and O–H groups in total. The minimum atomic E-state index is -1.38. The lowest BCUT2D eigenvalue weighted by Crippen LogP contribution is -2.37. The average molecular weight is 448 g/mol. The minimum absolute atomic E-state index is 0.666. The van der Waals surface area contributed by atoms with Crippen molar-refractivity contribution in [2.75, 3.05) is 0 Å². The Bertz CT molecular complexity index is 1560. The fourth-order valence-corrected chi connectivity index (χ4v) is 5.80. The van der Waals surface area contributed by atoms with Gasteiger partial charge >= 0.3 is 0 Å². The number of furan rings is 1. The third-order valence-electron chi connectivity index (χ3n) is 6.50. The maximum absolute atomic E-state index is 10.2. The van der Waals surface area contributed by atoms with Crippen LogP contribution in [0.25, 0.3) is 44.3 Å². The van der Waals surface area contributed by atoms with Crippen LogP contribution in [0.1, 0.15) is 11.1 Å². The molecule has 3 aromatic carbocycles. The van der Waals surface area contributed by atoms with Gasteiger partial charge in [-0.15, -0.1) is 0 Å². The Morgan fingerprint density at radius 2 is 1.67 bits per heavy atom. The number of pyridine rings is 1. The Balaban J connectivity index is 1.78. The predicted molar refractivity (Wildman–Crippen MR) is 138 cm³/mol. The number of rotatable bonds is 3. The van der Waals surface area contributed by atoms with Gasteiger partial charge in [0, 0.05) is 28.5 Å². The molecule has 5 aromatic rings. The Labute approximate surface area is 195 Å². The molecule has 0 aliphatic heterocycles. The molecule has 0 fully saturated rings. The molecule has 2 heterocycles. The number of hydrogen-bond acceptors (Lipinski definition) is 2. The fraction of sp³-hybridized carbons (Fsp3) is 0.172. The summed E-state index contributed by atoms with van der Waals surface area (Å²) in [5.74, 6) is 0. The van der Waals surface area contributed by atoms with Crippen LogP contribution in [0.4, 0.5) is 0 Å². The van der Waals surface area contributed by atoms with Crippen molar-refractivity contribution in [3.8, 4) is 28.5 Å². The highest BCUT2D eigenvalue weighted by atomic mass is 28.3. The Morgan fingerprint density at radius 3 is 2.33 bits per heavy atom. The van der Waals surface area contributed by atoms with Gasteiger partial charge in [0.1, 0.15) is 24.3 Å². The fourth-order valence-electron chi connectivity index (χ4n) is 4.64. The van der Waals surface area contributed by atoms with Gasteiger partial charge in [0.2, 0.25) is 5.69 Å². The van der Waals surface area contributed by atoms with E-state index >= 15 is 0 Å². The Kier molecular flexibility index (Phi) is 4.95. The summed E-state index contributed by atoms with van der Waals surface area (Å²) in [6.07, 6.45) is 2.04. The van der Waals surface area contributed by atoms with Crippen LogP contribution in [-0.2, 0) is 7.05 Å². The first-order valence-electron chi connectivity index (χ1n) is 11.2. The third-order valence-corrected chi connectivity index (χ3v) is 8.56. The van der Waals surface area contributed by atoms with E-state index in [-0.39, 0.29) is 0 Å². The van der Waals surface area contributed by atoms with Crippen molar-refractivity contribution in [2.24, 2.45) is 7.05 Å². The maximum atomic E-state index is 10.2. The zero-order chi connectivity index (χ0) is 23.3. The molecule has 0 saturated heterocycles. The number of nitrogens with zero attached hydrogens (tertiary/aromatic N) is 2. The second-order valence-corrected chi connectivity index (χ2v) is 14.8. The van der Waals surface area contributed by atoms with E-state index in [9.17, 15) is 5.26 Å². The molecule has 0 bridgehead atoms. The van der Waals surface area contributed by atoms with Gasteiger partial charge in [0.05, 0.1) is 19.2 Å². The first-order chi connectivity index (χ1) is 15.8. The molecule has 0 unspecified atom stereocenters. The quantitative estimate of drug-likeness (QED) is 0.235. The molecule has 0 aliphatic rings. The Hall–Kier alpha value is -3.68. The third kappa shape index (κ3) is 3.46. The smallest absolute Gasteiger partial charge is 0.216 e. The highest BCUT2D eigenvalue weighted by Gasteiger charge is 2.23. The summed E-state index contributed by atoms with van der Waals surface area (Å²) in [6, 6.07) is 25.6. The van der Waals surface area contributed by atoms with Crippen molar-refractivity contribution in [1.29, 1.82) is 5.26 Å². The summed E-state index contributed by atoms with van der Waals surface area (Å²) in [7, 11) is 0.662. The van der Waals surface area contributed by atoms with Gasteiger partial charge in [-0.25, -0.2) is 4.57 Å². The molecule has 33 heavy (non-hydrogen) atoms. The number of aromatic nitrogens is 1. The van der Waals surface area contributed by atoms with Crippen LogP contribution in [-0.4, -0.2) is 8.07 Å². The first kappa shape index (κ1) is 21.2. The number of nitriles is 1. The monoisotopic (exact) mass is 447 g/mol. The van der Waals surface area contributed by atoms with Gasteiger partial charge in [0.25, 0.3) is 0 Å². The molecule has 4 heteroatoms. The van der Waals surface area contributed by atoms with E-state index in [2.05, 4.69) is 79.7 Å². The summed E-state index contributed by atoms with van der Waals surface area (Å²) in [4.78, 5) is 0. The zero-order valence-electron chi connectivity index (χ0n) is 19.7. The first-order valence-corrected chi connectivity index (χ1v) is 14.7. The van der Waals surface area contributed by atoms with Crippen LogP contribution in [0.3, 0.4) is 0 Å². The summed E-state index contributed by atoms with van der Waals surface area (Å²) in [6.45, 7) is 9.14. The average Bonchev–Trinajstić information content (AvgIpc) is 3.17. The van der Waals surface area contributed by atoms with Crippen molar-refractivity contribution in [1.82, 2.24) is 0 Å². The van der Waals surface area contributed by atoms with Crippen LogP contribution in [0.5, 0.6) is 0 Å². The summed E-state index contributed by atoms with van der Waals surface area (Å²) >= 11 is 0. The van der Waals surface area contributed by atoms with Crippen molar-refractivity contribution in [3.05, 3.63) is 84.1 Å². The van der Waals surface area contributed by atoms with Gasteiger partial charge in [-0.2, -0.15) is 5.26 Å². The van der Waals surface area contributed by atoms with Gasteiger partial charge in [-0.1, -0.05) is 61.2 Å². The minimum Gasteiger partial charge on any atom is -0.455 e. The Morgan fingerprint density at radius 1 is 0.909 bits per heavy atom. The second-order valence-electron chi connectivity index (χ2n) is 9.73. The zero-order valence-corrected chi connectivity index (χ0v) is 20.7. The topological polar surface area (TPSA) is 40.8 Å². The van der Waals surface area contributed by atoms with Gasteiger partial charge in [-0.3, -0.25) is 0 Å². The second kappa shape index (κ2) is 7.72. The van der Waals surface area contributed by atoms with Gasteiger partial charge < -0.3 is 4.42 Å². The molecular weight excluding hydrogens is 420 g/mol. The van der Waals surface area contributed by atoms with E-state index in [1.807, 2.05) is 37.5 Å². The van der Waals surface area contributed by atoms with Crippen molar-refractivity contribution >= 4 is 35.2 Å². The molecular formula is C29H27N2OSi+. The van der Waals surface area contributed by atoms with Crippen LogP contribution < -0.4 is 9.75 Å². The van der Waals surface area contributed by atoms with Gasteiger partial charge in [0.15, 0.2) is 6.20 Å². The highest BCUT2D eigenvalue weighted by molar-refractivity contribution is 6.88. The molecule has 162 valence electrons. The predicted octanol–water partition coefficient (Wildman–Crippen LogP) is 6.47. The van der Waals surface area contributed by atoms with E-state index < -0.39 is 8.07 Å². The van der Waals surface area contributed by atoms with Crippen molar-refractivity contribution in [3.63, 3.8) is 0 Å². The lowest BCUT2D eigenvalue weighted by atomic mass is 9.94. The van der Waals surface area contributed by atoms with E-state index in [4.69, 9.17) is 4.42 Å². The number of benzene rings is 3. The largest absolute Gasteiger partial charge is 0.455 e. The van der Waals surface area contributed by atoms with Crippen molar-refractivity contribution < 1.29 is 8.98 Å². The maximum Gasteiger partial charge on any atom is 0.216 e. The summed E-state index contributed by atoms with van der Waals surface area (Å²) < 4.78 is 8.51. The van der Waals surface area contributed by atoms with E-state index in [1.165, 1.54) is 5.19 Å². The summed E-state index contributed by atoms with van der Waals surface area (Å²) in [5, 5.41) is 13.5. The molecule has 5 rings (SSSR count). The number of hydrogen-bond donors (Lipinski definition) is 0. The van der Waals surface area contributed by atoms with Crippen LogP contribution in [0.2, 0.25) is 19.6 Å². The number of aryl methyl sites for hydroxylation is 2. The SMILES string of the molecule is Cc1ccc2c(oc3ccc(-c4ccc([Si](C)(C)C)cc4)c(C#N)c32)c1-c1cccc[n+]1C. The van der Waals surface area contributed by atoms with Gasteiger partial charge in [-0.05, 0) is 36.2 Å². The molecule has 0 aliphatic carbocycles. The van der Waals surface area contributed by atoms with Crippen LogP contribution in [0.15, 0.2) is 77.3 Å². The number of fused-ring (bicyclic) bond motifs is 3. The molecule has 0 radical (unpaired) electrons. The lowest BCUT2D eigenvalue weighted by Gasteiger charge is -2.17.